The molecule has 0 unspecified atom stereocenters. The van der Waals surface area contributed by atoms with E-state index in [1.807, 2.05) is 24.3 Å². The minimum atomic E-state index is -0.602. The molecule has 0 fully saturated rings. The van der Waals surface area contributed by atoms with Crippen molar-refractivity contribution in [2.24, 2.45) is 5.73 Å². The number of benzene rings is 2. The number of rotatable bonds is 5. The molecule has 0 radical (unpaired) electrons. The molecule has 0 saturated carbocycles. The Morgan fingerprint density at radius 1 is 1.23 bits per heavy atom. The first-order chi connectivity index (χ1) is 14.5. The van der Waals surface area contributed by atoms with Crippen LogP contribution in [0.15, 0.2) is 48.5 Å². The average molecular weight is 408 g/mol. The Labute approximate surface area is 174 Å². The van der Waals surface area contributed by atoms with Crippen molar-refractivity contribution in [3.63, 3.8) is 0 Å². The van der Waals surface area contributed by atoms with Crippen molar-refractivity contribution < 1.29 is 14.0 Å². The van der Waals surface area contributed by atoms with Gasteiger partial charge in [0.1, 0.15) is 11.9 Å². The first-order valence-electron chi connectivity index (χ1n) is 10.1. The molecule has 2 aromatic carbocycles. The van der Waals surface area contributed by atoms with Crippen molar-refractivity contribution in [1.82, 2.24) is 15.2 Å². The zero-order valence-corrected chi connectivity index (χ0v) is 16.8. The van der Waals surface area contributed by atoms with Gasteiger partial charge < -0.3 is 20.9 Å². The highest BCUT2D eigenvalue weighted by atomic mass is 19.1. The maximum absolute atomic E-state index is 13.9. The Balaban J connectivity index is 1.55. The van der Waals surface area contributed by atoms with Crippen LogP contribution in [0.2, 0.25) is 0 Å². The number of amides is 2. The highest BCUT2D eigenvalue weighted by Gasteiger charge is 2.36. The monoisotopic (exact) mass is 408 g/mol. The normalized spacial score (nSPS) is 16.9. The van der Waals surface area contributed by atoms with Crippen molar-refractivity contribution in [2.45, 2.75) is 37.9 Å². The van der Waals surface area contributed by atoms with E-state index in [4.69, 9.17) is 5.73 Å². The van der Waals surface area contributed by atoms with Crippen LogP contribution in [0.5, 0.6) is 0 Å². The van der Waals surface area contributed by atoms with Gasteiger partial charge in [0.25, 0.3) is 0 Å². The summed E-state index contributed by atoms with van der Waals surface area (Å²) < 4.78 is 13.9. The number of hydrogen-bond acceptors (Lipinski definition) is 3. The highest BCUT2D eigenvalue weighted by Crippen LogP contribution is 2.31. The van der Waals surface area contributed by atoms with E-state index in [9.17, 15) is 14.0 Å². The third-order valence-electron chi connectivity index (χ3n) is 5.75. The van der Waals surface area contributed by atoms with Crippen LogP contribution in [-0.2, 0) is 29.0 Å². The summed E-state index contributed by atoms with van der Waals surface area (Å²) in [7, 11) is 1.57. The second-order valence-electron chi connectivity index (χ2n) is 7.74. The molecule has 0 bridgehead atoms. The van der Waals surface area contributed by atoms with Crippen molar-refractivity contribution in [3.8, 4) is 0 Å². The van der Waals surface area contributed by atoms with Crippen LogP contribution >= 0.6 is 0 Å². The van der Waals surface area contributed by atoms with Crippen LogP contribution in [0.3, 0.4) is 0 Å². The lowest BCUT2D eigenvalue weighted by Gasteiger charge is -2.35. The lowest BCUT2D eigenvalue weighted by atomic mass is 9.95. The fourth-order valence-electron chi connectivity index (χ4n) is 4.23. The van der Waals surface area contributed by atoms with Crippen LogP contribution in [0, 0.1) is 5.82 Å². The number of nitrogens with one attached hydrogen (secondary N) is 2. The third-order valence-corrected chi connectivity index (χ3v) is 5.75. The van der Waals surface area contributed by atoms with Crippen LogP contribution in [0.4, 0.5) is 4.39 Å². The minimum absolute atomic E-state index is 0.0391. The van der Waals surface area contributed by atoms with Gasteiger partial charge in [-0.3, -0.25) is 9.59 Å². The molecule has 0 saturated heterocycles. The number of carbonyl (C=O) groups is 2. The molecule has 2 amide bonds. The Morgan fingerprint density at radius 2 is 1.97 bits per heavy atom. The quantitative estimate of drug-likeness (QED) is 0.605. The summed E-state index contributed by atoms with van der Waals surface area (Å²) in [4.78, 5) is 30.6. The van der Waals surface area contributed by atoms with Gasteiger partial charge in [0.2, 0.25) is 11.8 Å². The van der Waals surface area contributed by atoms with Gasteiger partial charge in [-0.15, -0.1) is 0 Å². The summed E-state index contributed by atoms with van der Waals surface area (Å²) in [5.41, 5.74) is 9.65. The summed E-state index contributed by atoms with van der Waals surface area (Å²) in [6.07, 6.45) is 0.735. The molecule has 1 aliphatic heterocycles. The molecule has 1 aliphatic rings. The number of hydrogen-bond donors (Lipinski definition) is 3. The molecule has 6 nitrogen and oxygen atoms in total. The van der Waals surface area contributed by atoms with E-state index in [-0.39, 0.29) is 30.5 Å². The number of nitrogens with two attached hydrogens (primary N) is 1. The van der Waals surface area contributed by atoms with Gasteiger partial charge >= 0.3 is 0 Å². The minimum Gasteiger partial charge on any atom is -0.357 e. The number of halogens is 1. The standard InChI is InChI=1S/C23H25FN4O2/c1-26-23(30)21-12-17-16-7-3-5-9-19(16)27-20(17)13-28(21)22(29)11-15(25)10-14-6-2-4-8-18(14)24/h2-9,15,21,27H,10-13,25H2,1H3,(H,26,30)/t15-,21-/m1/s1. The number of nitrogens with zero attached hydrogens (tertiary/aromatic N) is 1. The van der Waals surface area contributed by atoms with Crippen molar-refractivity contribution in [3.05, 3.63) is 71.2 Å². The van der Waals surface area contributed by atoms with E-state index in [1.54, 1.807) is 30.1 Å². The summed E-state index contributed by atoms with van der Waals surface area (Å²) >= 11 is 0. The predicted molar refractivity (Wildman–Crippen MR) is 113 cm³/mol. The average Bonchev–Trinajstić information content (AvgIpc) is 3.11. The predicted octanol–water partition coefficient (Wildman–Crippen LogP) is 2.27. The van der Waals surface area contributed by atoms with E-state index in [0.717, 1.165) is 22.2 Å². The van der Waals surface area contributed by atoms with Crippen LogP contribution in [0.1, 0.15) is 23.2 Å². The van der Waals surface area contributed by atoms with Crippen molar-refractivity contribution in [2.75, 3.05) is 7.05 Å². The molecule has 7 heteroatoms. The number of para-hydroxylation sites is 1. The smallest absolute Gasteiger partial charge is 0.242 e. The van der Waals surface area contributed by atoms with Gasteiger partial charge in [0.05, 0.1) is 6.54 Å². The maximum atomic E-state index is 13.9. The van der Waals surface area contributed by atoms with Crippen LogP contribution < -0.4 is 11.1 Å². The molecule has 3 aromatic rings. The summed E-state index contributed by atoms with van der Waals surface area (Å²) in [5.74, 6) is -0.747. The Hall–Kier alpha value is -3.19. The SMILES string of the molecule is CNC(=O)[C@H]1Cc2c([nH]c3ccccc23)CN1C(=O)C[C@H](N)Cc1ccccc1F. The zero-order chi connectivity index (χ0) is 21.3. The molecule has 4 N–H and O–H groups in total. The molecule has 4 rings (SSSR count). The van der Waals surface area contributed by atoms with Crippen molar-refractivity contribution >= 4 is 22.7 Å². The maximum Gasteiger partial charge on any atom is 0.242 e. The van der Waals surface area contributed by atoms with Gasteiger partial charge in [-0.2, -0.15) is 0 Å². The summed E-state index contributed by atoms with van der Waals surface area (Å²) in [5, 5.41) is 3.74. The molecule has 0 spiro atoms. The number of H-pyrrole nitrogens is 1. The van der Waals surface area contributed by atoms with E-state index >= 15 is 0 Å². The van der Waals surface area contributed by atoms with Gasteiger partial charge in [-0.1, -0.05) is 36.4 Å². The first-order valence-corrected chi connectivity index (χ1v) is 10.1. The first kappa shape index (κ1) is 20.1. The lowest BCUT2D eigenvalue weighted by Crippen LogP contribution is -2.52. The summed E-state index contributed by atoms with van der Waals surface area (Å²) in [6.45, 7) is 0.313. The molecular formula is C23H25FN4O2. The Kier molecular flexibility index (Phi) is 5.55. The Morgan fingerprint density at radius 3 is 2.73 bits per heavy atom. The molecular weight excluding hydrogens is 383 g/mol. The third kappa shape index (κ3) is 3.80. The van der Waals surface area contributed by atoms with E-state index < -0.39 is 12.1 Å². The van der Waals surface area contributed by atoms with Gasteiger partial charge in [0.15, 0.2) is 0 Å². The topological polar surface area (TPSA) is 91.2 Å². The number of fused-ring (bicyclic) bond motifs is 3. The van der Waals surface area contributed by atoms with Gasteiger partial charge in [0, 0.05) is 42.5 Å². The second-order valence-corrected chi connectivity index (χ2v) is 7.74. The van der Waals surface area contributed by atoms with E-state index in [0.29, 0.717) is 18.5 Å². The number of aromatic nitrogens is 1. The number of likely N-dealkylation sites (N-methyl/N-ethyl adjacent to an activating group) is 1. The molecule has 156 valence electrons. The number of aromatic amines is 1. The van der Waals surface area contributed by atoms with Gasteiger partial charge in [-0.25, -0.2) is 4.39 Å². The fraction of sp³-hybridized carbons (Fsp3) is 0.304. The largest absolute Gasteiger partial charge is 0.357 e. The molecule has 0 aliphatic carbocycles. The lowest BCUT2D eigenvalue weighted by molar-refractivity contribution is -0.142. The van der Waals surface area contributed by atoms with Crippen LogP contribution in [-0.4, -0.2) is 40.8 Å². The van der Waals surface area contributed by atoms with Gasteiger partial charge in [-0.05, 0) is 29.7 Å². The Bertz CT molecular complexity index is 1090. The number of carbonyl (C=O) groups excluding carboxylic acids is 2. The van der Waals surface area contributed by atoms with Crippen molar-refractivity contribution in [1.29, 1.82) is 0 Å². The van der Waals surface area contributed by atoms with E-state index in [2.05, 4.69) is 10.3 Å². The summed E-state index contributed by atoms with van der Waals surface area (Å²) in [6, 6.07) is 13.2. The van der Waals surface area contributed by atoms with E-state index in [1.165, 1.54) is 6.07 Å². The molecule has 2 atom stereocenters. The zero-order valence-electron chi connectivity index (χ0n) is 16.8. The highest BCUT2D eigenvalue weighted by molar-refractivity contribution is 5.91. The van der Waals surface area contributed by atoms with Crippen LogP contribution in [0.25, 0.3) is 10.9 Å². The molecule has 30 heavy (non-hydrogen) atoms. The fourth-order valence-corrected chi connectivity index (χ4v) is 4.23. The molecule has 2 heterocycles. The molecule has 1 aromatic heterocycles. The second kappa shape index (κ2) is 8.28.